The molecule has 1 heterocycles. The van der Waals surface area contributed by atoms with Gasteiger partial charge in [-0.3, -0.25) is 0 Å². The van der Waals surface area contributed by atoms with Gasteiger partial charge in [0, 0.05) is 11.8 Å². The Morgan fingerprint density at radius 3 is 3.00 bits per heavy atom. The highest BCUT2D eigenvalue weighted by molar-refractivity contribution is 8.00. The van der Waals surface area contributed by atoms with Gasteiger partial charge in [0.1, 0.15) is 6.33 Å². The monoisotopic (exact) mass is 278 g/mol. The zero-order chi connectivity index (χ0) is 12.8. The molecule has 6 heteroatoms. The fourth-order valence-electron chi connectivity index (χ4n) is 1.36. The zero-order valence-electron chi connectivity index (χ0n) is 9.31. The van der Waals surface area contributed by atoms with Gasteiger partial charge in [-0.15, -0.1) is 0 Å². The number of aromatic nitrogens is 2. The highest BCUT2D eigenvalue weighted by Crippen LogP contribution is 2.25. The molecule has 1 aromatic heterocycles. The Bertz CT molecular complexity index is 553. The SMILES string of the molecule is O=C(O)C=Cc1ccccc1CSc1ncns1. The van der Waals surface area contributed by atoms with Crippen molar-refractivity contribution >= 4 is 35.3 Å². The highest BCUT2D eigenvalue weighted by atomic mass is 32.2. The number of aliphatic carboxylic acids is 1. The van der Waals surface area contributed by atoms with Crippen LogP contribution in [0.2, 0.25) is 0 Å². The van der Waals surface area contributed by atoms with E-state index in [9.17, 15) is 4.79 Å². The molecule has 1 N–H and O–H groups in total. The largest absolute Gasteiger partial charge is 0.478 e. The second-order valence-electron chi connectivity index (χ2n) is 3.37. The van der Waals surface area contributed by atoms with Gasteiger partial charge in [-0.25, -0.2) is 9.78 Å². The minimum Gasteiger partial charge on any atom is -0.478 e. The lowest BCUT2D eigenvalue weighted by molar-refractivity contribution is -0.131. The maximum Gasteiger partial charge on any atom is 0.328 e. The van der Waals surface area contributed by atoms with Gasteiger partial charge in [-0.05, 0) is 28.7 Å². The Kier molecular flexibility index (Phi) is 4.49. The van der Waals surface area contributed by atoms with Crippen molar-refractivity contribution in [3.63, 3.8) is 0 Å². The summed E-state index contributed by atoms with van der Waals surface area (Å²) in [4.78, 5) is 14.6. The van der Waals surface area contributed by atoms with Crippen molar-refractivity contribution in [2.75, 3.05) is 0 Å². The molecule has 0 radical (unpaired) electrons. The van der Waals surface area contributed by atoms with E-state index in [1.54, 1.807) is 17.8 Å². The van der Waals surface area contributed by atoms with Crippen LogP contribution in [0.25, 0.3) is 6.08 Å². The van der Waals surface area contributed by atoms with Gasteiger partial charge in [0.2, 0.25) is 0 Å². The molecule has 0 amide bonds. The van der Waals surface area contributed by atoms with Crippen LogP contribution in [0, 0.1) is 0 Å². The van der Waals surface area contributed by atoms with Gasteiger partial charge >= 0.3 is 5.97 Å². The van der Waals surface area contributed by atoms with Crippen molar-refractivity contribution in [3.05, 3.63) is 47.8 Å². The van der Waals surface area contributed by atoms with Gasteiger partial charge in [0.05, 0.1) is 0 Å². The third-order valence-corrected chi connectivity index (χ3v) is 4.00. The smallest absolute Gasteiger partial charge is 0.328 e. The van der Waals surface area contributed by atoms with Crippen LogP contribution in [0.4, 0.5) is 0 Å². The molecular formula is C12H10N2O2S2. The molecule has 0 unspecified atom stereocenters. The first kappa shape index (κ1) is 12.8. The standard InChI is InChI=1S/C12H10N2O2S2/c15-11(16)6-5-9-3-1-2-4-10(9)7-17-12-13-8-14-18-12/h1-6,8H,7H2,(H,15,16). The molecule has 0 saturated heterocycles. The molecule has 4 nitrogen and oxygen atoms in total. The molecule has 2 aromatic rings. The number of thioether (sulfide) groups is 1. The minimum absolute atomic E-state index is 0.745. The van der Waals surface area contributed by atoms with E-state index in [1.807, 2.05) is 24.3 Å². The van der Waals surface area contributed by atoms with E-state index in [0.717, 1.165) is 27.3 Å². The van der Waals surface area contributed by atoms with Crippen LogP contribution >= 0.6 is 23.3 Å². The summed E-state index contributed by atoms with van der Waals surface area (Å²) in [5.74, 6) is -0.198. The molecule has 0 aliphatic heterocycles. The number of rotatable bonds is 5. The van der Waals surface area contributed by atoms with Crippen LogP contribution in [0.5, 0.6) is 0 Å². The molecule has 0 fully saturated rings. The van der Waals surface area contributed by atoms with E-state index in [2.05, 4.69) is 9.36 Å². The van der Waals surface area contributed by atoms with Crippen molar-refractivity contribution in [1.29, 1.82) is 0 Å². The molecule has 0 saturated carbocycles. The summed E-state index contributed by atoms with van der Waals surface area (Å²) in [7, 11) is 0. The molecule has 18 heavy (non-hydrogen) atoms. The van der Waals surface area contributed by atoms with Gasteiger partial charge in [-0.1, -0.05) is 36.0 Å². The summed E-state index contributed by atoms with van der Waals surface area (Å²) in [5, 5.41) is 8.64. The van der Waals surface area contributed by atoms with E-state index in [1.165, 1.54) is 17.9 Å². The van der Waals surface area contributed by atoms with Crippen molar-refractivity contribution in [2.45, 2.75) is 10.1 Å². The third-order valence-electron chi connectivity index (χ3n) is 2.15. The summed E-state index contributed by atoms with van der Waals surface area (Å²) in [6.45, 7) is 0. The van der Waals surface area contributed by atoms with E-state index >= 15 is 0 Å². The van der Waals surface area contributed by atoms with E-state index in [4.69, 9.17) is 5.11 Å². The van der Waals surface area contributed by atoms with Crippen LogP contribution in [0.3, 0.4) is 0 Å². The third kappa shape index (κ3) is 3.68. The second kappa shape index (κ2) is 6.32. The lowest BCUT2D eigenvalue weighted by atomic mass is 10.1. The topological polar surface area (TPSA) is 63.1 Å². The number of benzene rings is 1. The Hall–Kier alpha value is -1.66. The summed E-state index contributed by atoms with van der Waals surface area (Å²) < 4.78 is 4.84. The fourth-order valence-corrected chi connectivity index (χ4v) is 2.81. The highest BCUT2D eigenvalue weighted by Gasteiger charge is 2.02. The Morgan fingerprint density at radius 2 is 2.28 bits per heavy atom. The first-order valence-electron chi connectivity index (χ1n) is 5.14. The summed E-state index contributed by atoms with van der Waals surface area (Å²) in [6, 6.07) is 7.71. The van der Waals surface area contributed by atoms with Gasteiger partial charge < -0.3 is 5.11 Å². The molecule has 2 rings (SSSR count). The van der Waals surface area contributed by atoms with E-state index in [-0.39, 0.29) is 0 Å². The molecule has 0 aliphatic carbocycles. The molecular weight excluding hydrogens is 268 g/mol. The maximum absolute atomic E-state index is 10.5. The van der Waals surface area contributed by atoms with Crippen molar-refractivity contribution in [1.82, 2.24) is 9.36 Å². The number of carboxylic acid groups (broad SMARTS) is 1. The van der Waals surface area contributed by atoms with Crippen LogP contribution in [-0.2, 0) is 10.5 Å². The van der Waals surface area contributed by atoms with Crippen LogP contribution in [0.1, 0.15) is 11.1 Å². The molecule has 0 bridgehead atoms. The predicted octanol–water partition coefficient (Wildman–Crippen LogP) is 2.93. The first-order valence-corrected chi connectivity index (χ1v) is 6.90. The lowest BCUT2D eigenvalue weighted by Gasteiger charge is -2.03. The predicted molar refractivity (Wildman–Crippen MR) is 72.6 cm³/mol. The van der Waals surface area contributed by atoms with Crippen molar-refractivity contribution in [3.8, 4) is 0 Å². The van der Waals surface area contributed by atoms with Crippen LogP contribution < -0.4 is 0 Å². The molecule has 92 valence electrons. The Balaban J connectivity index is 2.09. The molecule has 1 aromatic carbocycles. The molecule has 0 spiro atoms. The van der Waals surface area contributed by atoms with Crippen LogP contribution in [0.15, 0.2) is 41.0 Å². The maximum atomic E-state index is 10.5. The Morgan fingerprint density at radius 1 is 1.44 bits per heavy atom. The summed E-state index contributed by atoms with van der Waals surface area (Å²) in [5.41, 5.74) is 1.99. The second-order valence-corrected chi connectivity index (χ2v) is 5.37. The van der Waals surface area contributed by atoms with Gasteiger partial charge in [-0.2, -0.15) is 4.37 Å². The van der Waals surface area contributed by atoms with E-state index in [0.29, 0.717) is 0 Å². The van der Waals surface area contributed by atoms with Crippen molar-refractivity contribution < 1.29 is 9.90 Å². The minimum atomic E-state index is -0.943. The van der Waals surface area contributed by atoms with Crippen molar-refractivity contribution in [2.24, 2.45) is 0 Å². The van der Waals surface area contributed by atoms with Crippen LogP contribution in [-0.4, -0.2) is 20.4 Å². The average Bonchev–Trinajstić information content (AvgIpc) is 2.88. The summed E-state index contributed by atoms with van der Waals surface area (Å²) in [6.07, 6.45) is 4.29. The number of hydrogen-bond acceptors (Lipinski definition) is 5. The summed E-state index contributed by atoms with van der Waals surface area (Å²) >= 11 is 2.95. The quantitative estimate of drug-likeness (QED) is 0.673. The number of carboxylic acids is 1. The first-order chi connectivity index (χ1) is 8.75. The number of nitrogens with zero attached hydrogens (tertiary/aromatic N) is 2. The lowest BCUT2D eigenvalue weighted by Crippen LogP contribution is -1.89. The van der Waals surface area contributed by atoms with E-state index < -0.39 is 5.97 Å². The normalized spacial score (nSPS) is 10.9. The van der Waals surface area contributed by atoms with Gasteiger partial charge in [0.15, 0.2) is 4.34 Å². The van der Waals surface area contributed by atoms with Gasteiger partial charge in [0.25, 0.3) is 0 Å². The molecule has 0 atom stereocenters. The Labute approximate surface area is 113 Å². The number of hydrogen-bond donors (Lipinski definition) is 1. The average molecular weight is 278 g/mol. The number of carbonyl (C=O) groups is 1. The molecule has 0 aliphatic rings. The zero-order valence-corrected chi connectivity index (χ0v) is 10.9. The fraction of sp³-hybridized carbons (Fsp3) is 0.0833.